The number of aromatic nitrogens is 1. The van der Waals surface area contributed by atoms with Gasteiger partial charge in [-0.1, -0.05) is 18.2 Å². The largest absolute Gasteiger partial charge is 0.462 e. The van der Waals surface area contributed by atoms with Gasteiger partial charge in [-0.05, 0) is 30.2 Å². The fourth-order valence-corrected chi connectivity index (χ4v) is 2.61. The van der Waals surface area contributed by atoms with Gasteiger partial charge in [0.15, 0.2) is 12.0 Å². The average molecular weight is 334 g/mol. The van der Waals surface area contributed by atoms with Crippen molar-refractivity contribution in [2.24, 2.45) is 5.73 Å². The van der Waals surface area contributed by atoms with E-state index in [-0.39, 0.29) is 22.6 Å². The first-order valence-corrected chi connectivity index (χ1v) is 7.08. The van der Waals surface area contributed by atoms with Gasteiger partial charge in [0, 0.05) is 18.0 Å². The Balaban J connectivity index is 2.01. The van der Waals surface area contributed by atoms with Gasteiger partial charge in [0.2, 0.25) is 5.78 Å². The Kier molecular flexibility index (Phi) is 3.79. The minimum Gasteiger partial charge on any atom is -0.462 e. The molecule has 1 atom stereocenters. The van der Waals surface area contributed by atoms with E-state index in [4.69, 9.17) is 10.5 Å². The number of hydrogen-bond acceptors (Lipinski definition) is 4. The Morgan fingerprint density at radius 2 is 2.00 bits per heavy atom. The highest BCUT2D eigenvalue weighted by atomic mass is 19.4. The molecule has 0 saturated heterocycles. The number of hydrogen-bond donors (Lipinski definition) is 1. The summed E-state index contributed by atoms with van der Waals surface area (Å²) in [6.45, 7) is 1.36. The monoisotopic (exact) mass is 334 g/mol. The number of pyridine rings is 1. The third-order valence-corrected chi connectivity index (χ3v) is 3.79. The topological polar surface area (TPSA) is 65.2 Å². The minimum absolute atomic E-state index is 0.0469. The van der Waals surface area contributed by atoms with E-state index in [1.165, 1.54) is 31.5 Å². The van der Waals surface area contributed by atoms with Crippen LogP contribution in [0.2, 0.25) is 0 Å². The predicted molar refractivity (Wildman–Crippen MR) is 80.4 cm³/mol. The molecule has 1 aromatic heterocycles. The Bertz CT molecular complexity index is 829. The second-order valence-electron chi connectivity index (χ2n) is 5.42. The molecule has 0 amide bonds. The SMILES string of the molecule is Cc1ccc(C2=C(N)OC(c3cccnc3)C2=O)cc1C(F)(F)F. The summed E-state index contributed by atoms with van der Waals surface area (Å²) >= 11 is 0. The molecular formula is C17H13F3N2O2. The van der Waals surface area contributed by atoms with Gasteiger partial charge >= 0.3 is 6.18 Å². The lowest BCUT2D eigenvalue weighted by atomic mass is 9.95. The number of ether oxygens (including phenoxy) is 1. The standard InChI is InChI=1S/C17H13F3N2O2/c1-9-4-5-10(7-12(9)17(18,19)20)13-14(23)15(24-16(13)21)11-3-2-6-22-8-11/h2-8,15H,21H2,1H3. The number of ketones is 1. The number of carbonyl (C=O) groups is 1. The summed E-state index contributed by atoms with van der Waals surface area (Å²) in [6.07, 6.45) is -2.52. The minimum atomic E-state index is -4.51. The van der Waals surface area contributed by atoms with E-state index in [1.807, 2.05) is 0 Å². The predicted octanol–water partition coefficient (Wildman–Crippen LogP) is 3.38. The molecule has 0 spiro atoms. The number of nitrogens with two attached hydrogens (primary N) is 1. The van der Waals surface area contributed by atoms with Crippen LogP contribution in [0.15, 0.2) is 48.6 Å². The quantitative estimate of drug-likeness (QED) is 0.914. The van der Waals surface area contributed by atoms with Crippen molar-refractivity contribution >= 4 is 11.4 Å². The molecule has 4 nitrogen and oxygen atoms in total. The number of Topliss-reactive ketones (excluding diaryl/α,β-unsaturated/α-hetero) is 1. The number of rotatable bonds is 2. The second-order valence-corrected chi connectivity index (χ2v) is 5.42. The molecule has 3 rings (SSSR count). The van der Waals surface area contributed by atoms with Gasteiger partial charge in [-0.2, -0.15) is 13.2 Å². The van der Waals surface area contributed by atoms with E-state index in [1.54, 1.807) is 12.1 Å². The van der Waals surface area contributed by atoms with Crippen molar-refractivity contribution in [3.63, 3.8) is 0 Å². The lowest BCUT2D eigenvalue weighted by Crippen LogP contribution is -2.11. The molecule has 1 unspecified atom stereocenters. The maximum Gasteiger partial charge on any atom is 0.416 e. The van der Waals surface area contributed by atoms with Gasteiger partial charge in [0.05, 0.1) is 11.1 Å². The molecule has 24 heavy (non-hydrogen) atoms. The molecule has 0 radical (unpaired) electrons. The molecule has 0 aliphatic carbocycles. The maximum absolute atomic E-state index is 13.1. The van der Waals surface area contributed by atoms with Gasteiger partial charge in [-0.3, -0.25) is 9.78 Å². The molecule has 0 saturated carbocycles. The number of carbonyl (C=O) groups excluding carboxylic acids is 1. The normalized spacial score (nSPS) is 18.0. The Morgan fingerprint density at radius 3 is 2.62 bits per heavy atom. The number of benzene rings is 1. The summed E-state index contributed by atoms with van der Waals surface area (Å²) in [4.78, 5) is 16.5. The van der Waals surface area contributed by atoms with E-state index in [0.29, 0.717) is 5.56 Å². The molecular weight excluding hydrogens is 321 g/mol. The molecule has 124 valence electrons. The number of aryl methyl sites for hydroxylation is 1. The van der Waals surface area contributed by atoms with Crippen molar-refractivity contribution in [1.82, 2.24) is 4.98 Å². The number of alkyl halides is 3. The van der Waals surface area contributed by atoms with E-state index >= 15 is 0 Å². The third kappa shape index (κ3) is 2.73. The zero-order valence-electron chi connectivity index (χ0n) is 12.6. The summed E-state index contributed by atoms with van der Waals surface area (Å²) < 4.78 is 44.6. The average Bonchev–Trinajstić information content (AvgIpc) is 2.83. The highest BCUT2D eigenvalue weighted by Gasteiger charge is 2.38. The van der Waals surface area contributed by atoms with E-state index in [2.05, 4.69) is 4.98 Å². The highest BCUT2D eigenvalue weighted by molar-refractivity contribution is 6.25. The first-order valence-electron chi connectivity index (χ1n) is 7.08. The second kappa shape index (κ2) is 5.67. The zero-order chi connectivity index (χ0) is 17.5. The van der Waals surface area contributed by atoms with Crippen LogP contribution in [0.5, 0.6) is 0 Å². The fraction of sp³-hybridized carbons (Fsp3) is 0.176. The molecule has 0 bridgehead atoms. The van der Waals surface area contributed by atoms with Crippen molar-refractivity contribution in [2.45, 2.75) is 19.2 Å². The summed E-state index contributed by atoms with van der Waals surface area (Å²) in [5.74, 6) is -0.677. The Hall–Kier alpha value is -2.83. The van der Waals surface area contributed by atoms with Crippen LogP contribution in [-0.4, -0.2) is 10.8 Å². The van der Waals surface area contributed by atoms with Crippen LogP contribution in [-0.2, 0) is 15.7 Å². The lowest BCUT2D eigenvalue weighted by Gasteiger charge is -2.12. The maximum atomic E-state index is 13.1. The van der Waals surface area contributed by atoms with Crippen LogP contribution in [0.4, 0.5) is 13.2 Å². The van der Waals surface area contributed by atoms with Gasteiger partial charge in [-0.25, -0.2) is 0 Å². The van der Waals surface area contributed by atoms with Crippen LogP contribution in [0.1, 0.15) is 28.4 Å². The van der Waals surface area contributed by atoms with Crippen molar-refractivity contribution in [2.75, 3.05) is 0 Å². The van der Waals surface area contributed by atoms with Gasteiger partial charge in [-0.15, -0.1) is 0 Å². The Morgan fingerprint density at radius 1 is 1.25 bits per heavy atom. The molecule has 2 aromatic rings. The van der Waals surface area contributed by atoms with Crippen LogP contribution in [0.3, 0.4) is 0 Å². The van der Waals surface area contributed by atoms with Gasteiger partial charge < -0.3 is 10.5 Å². The third-order valence-electron chi connectivity index (χ3n) is 3.79. The molecule has 7 heteroatoms. The molecule has 2 heterocycles. The van der Waals surface area contributed by atoms with Crippen LogP contribution in [0, 0.1) is 6.92 Å². The van der Waals surface area contributed by atoms with Crippen molar-refractivity contribution in [1.29, 1.82) is 0 Å². The first-order chi connectivity index (χ1) is 11.3. The van der Waals surface area contributed by atoms with Gasteiger partial charge in [0.1, 0.15) is 0 Å². The van der Waals surface area contributed by atoms with Gasteiger partial charge in [0.25, 0.3) is 0 Å². The van der Waals surface area contributed by atoms with Crippen molar-refractivity contribution < 1.29 is 22.7 Å². The van der Waals surface area contributed by atoms with E-state index in [9.17, 15) is 18.0 Å². The number of nitrogens with zero attached hydrogens (tertiary/aromatic N) is 1. The molecule has 1 aliphatic heterocycles. The molecule has 1 aromatic carbocycles. The van der Waals surface area contributed by atoms with Crippen LogP contribution < -0.4 is 5.73 Å². The number of halogens is 3. The first kappa shape index (κ1) is 16.0. The lowest BCUT2D eigenvalue weighted by molar-refractivity contribution is -0.138. The zero-order valence-corrected chi connectivity index (χ0v) is 12.6. The smallest absolute Gasteiger partial charge is 0.416 e. The summed E-state index contributed by atoms with van der Waals surface area (Å²) in [6, 6.07) is 6.93. The van der Waals surface area contributed by atoms with Crippen molar-refractivity contribution in [3.8, 4) is 0 Å². The van der Waals surface area contributed by atoms with Crippen LogP contribution >= 0.6 is 0 Å². The molecule has 0 fully saturated rings. The molecule has 2 N–H and O–H groups in total. The summed E-state index contributed by atoms with van der Waals surface area (Å²) in [5, 5.41) is 0. The fourth-order valence-electron chi connectivity index (χ4n) is 2.61. The Labute approximate surface area is 135 Å². The van der Waals surface area contributed by atoms with E-state index < -0.39 is 23.6 Å². The van der Waals surface area contributed by atoms with Crippen molar-refractivity contribution in [3.05, 3.63) is 70.9 Å². The highest BCUT2D eigenvalue weighted by Crippen LogP contribution is 2.39. The summed E-state index contributed by atoms with van der Waals surface area (Å²) in [7, 11) is 0. The summed E-state index contributed by atoms with van der Waals surface area (Å²) in [5.41, 5.74) is 5.55. The van der Waals surface area contributed by atoms with Crippen LogP contribution in [0.25, 0.3) is 5.57 Å². The van der Waals surface area contributed by atoms with E-state index in [0.717, 1.165) is 6.07 Å². The molecule has 1 aliphatic rings.